The third-order valence-electron chi connectivity index (χ3n) is 1.35. The predicted octanol–water partition coefficient (Wildman–Crippen LogP) is -0.133. The van der Waals surface area contributed by atoms with Crippen molar-refractivity contribution in [1.82, 2.24) is 0 Å². The summed E-state index contributed by atoms with van der Waals surface area (Å²) < 4.78 is 8.49. The van der Waals surface area contributed by atoms with Gasteiger partial charge in [-0.15, -0.1) is 0 Å². The minimum absolute atomic E-state index is 0.228. The molecule has 0 heterocycles. The van der Waals surface area contributed by atoms with Gasteiger partial charge in [0, 0.05) is 0 Å². The van der Waals surface area contributed by atoms with E-state index in [4.69, 9.17) is 5.11 Å². The monoisotopic (exact) mass is 203 g/mol. The zero-order valence-electron chi connectivity index (χ0n) is 7.69. The number of carbonyl (C=O) groups excluding carboxylic acids is 2. The van der Waals surface area contributed by atoms with Crippen molar-refractivity contribution in [1.29, 1.82) is 0 Å². The van der Waals surface area contributed by atoms with Gasteiger partial charge in [0.1, 0.15) is 0 Å². The number of ether oxygens (including phenoxy) is 2. The molecule has 1 N–H and O–H groups in total. The second-order valence-corrected chi connectivity index (χ2v) is 2.48. The first kappa shape index (κ1) is 12.4. The average molecular weight is 203 g/mol. The first-order chi connectivity index (χ1) is 6.61. The van der Waals surface area contributed by atoms with Gasteiger partial charge in [-0.1, -0.05) is 13.3 Å². The molecule has 1 unspecified atom stereocenters. The van der Waals surface area contributed by atoms with Crippen LogP contribution in [-0.4, -0.2) is 36.2 Å². The number of carboxylic acid groups (broad SMARTS) is 1. The van der Waals surface area contributed by atoms with E-state index in [2.05, 4.69) is 9.47 Å². The smallest absolute Gasteiger partial charge is 0.418 e. The Morgan fingerprint density at radius 1 is 1.50 bits per heavy atom. The Morgan fingerprint density at radius 2 is 2.14 bits per heavy atom. The second-order valence-electron chi connectivity index (χ2n) is 2.48. The molecule has 0 aliphatic rings. The van der Waals surface area contributed by atoms with E-state index >= 15 is 0 Å². The maximum atomic E-state index is 10.8. The van der Waals surface area contributed by atoms with Gasteiger partial charge in [-0.25, -0.2) is 14.4 Å². The van der Waals surface area contributed by atoms with Gasteiger partial charge in [-0.05, 0) is 6.42 Å². The van der Waals surface area contributed by atoms with Crippen molar-refractivity contribution >= 4 is 18.4 Å². The Morgan fingerprint density at radius 3 is 2.57 bits per heavy atom. The lowest BCUT2D eigenvalue weighted by Gasteiger charge is -2.11. The molecule has 0 aromatic heterocycles. The van der Waals surface area contributed by atoms with Gasteiger partial charge in [0.25, 0.3) is 0 Å². The van der Waals surface area contributed by atoms with Crippen LogP contribution in [0.15, 0.2) is 0 Å². The molecule has 0 aromatic carbocycles. The van der Waals surface area contributed by atoms with E-state index in [1.165, 1.54) is 0 Å². The topological polar surface area (TPSA) is 89.9 Å². The molecular weight excluding hydrogens is 192 g/mol. The summed E-state index contributed by atoms with van der Waals surface area (Å²) in [6, 6.07) is 0. The minimum atomic E-state index is -1.21. The molecule has 0 aromatic rings. The average Bonchev–Trinajstić information content (AvgIpc) is 2.14. The summed E-state index contributed by atoms with van der Waals surface area (Å²) in [5.41, 5.74) is 0. The predicted molar refractivity (Wildman–Crippen MR) is 44.1 cm³/mol. The zero-order valence-corrected chi connectivity index (χ0v) is 7.69. The number of carboxylic acids is 1. The molecule has 0 rings (SSSR count). The van der Waals surface area contributed by atoms with Crippen LogP contribution in [0.1, 0.15) is 19.8 Å². The molecule has 14 heavy (non-hydrogen) atoms. The molecule has 0 aliphatic heterocycles. The molecule has 6 heteroatoms. The van der Waals surface area contributed by atoms with E-state index < -0.39 is 24.6 Å². The van der Waals surface area contributed by atoms with Gasteiger partial charge in [-0.3, -0.25) is 0 Å². The Hall–Kier alpha value is -1.59. The molecule has 0 spiro atoms. The number of carbonyl (C=O) groups is 2. The highest BCUT2D eigenvalue weighted by Gasteiger charge is 2.21. The molecule has 0 amide bonds. The van der Waals surface area contributed by atoms with E-state index in [0.717, 1.165) is 6.47 Å². The van der Waals surface area contributed by atoms with E-state index in [1.807, 2.05) is 0 Å². The Kier molecular flexibility index (Phi) is 6.09. The maximum absolute atomic E-state index is 10.8. The number of hydrogen-bond donors (Lipinski definition) is 1. The van der Waals surface area contributed by atoms with Gasteiger partial charge < -0.3 is 14.6 Å². The fourth-order valence-electron chi connectivity index (χ4n) is 0.776. The normalized spacial score (nSPS) is 11.5. The van der Waals surface area contributed by atoms with Crippen molar-refractivity contribution in [3.63, 3.8) is 0 Å². The second kappa shape index (κ2) is 6.88. The quantitative estimate of drug-likeness (QED) is 0.579. The standard InChI is InChI=1S/C8H11O6/c1-2-3-6(8(11)12)14-7(10)4-13-5-9/h6H,2-4H2,1H3,(H,11,12). The van der Waals surface area contributed by atoms with Gasteiger partial charge >= 0.3 is 18.4 Å². The third kappa shape index (κ3) is 5.13. The molecule has 0 saturated heterocycles. The lowest BCUT2D eigenvalue weighted by Crippen LogP contribution is -2.28. The molecule has 0 aliphatic carbocycles. The van der Waals surface area contributed by atoms with Crippen LogP contribution >= 0.6 is 0 Å². The zero-order chi connectivity index (χ0) is 11.0. The van der Waals surface area contributed by atoms with E-state index in [9.17, 15) is 14.4 Å². The van der Waals surface area contributed by atoms with Crippen LogP contribution in [0.4, 0.5) is 0 Å². The SMILES string of the molecule is CCCC(OC(=O)CO[C]=O)C(=O)O. The van der Waals surface area contributed by atoms with Crippen LogP contribution in [0.2, 0.25) is 0 Å². The van der Waals surface area contributed by atoms with E-state index in [-0.39, 0.29) is 6.42 Å². The Bertz CT molecular complexity index is 212. The molecular formula is C8H11O6. The molecule has 1 radical (unpaired) electrons. The van der Waals surface area contributed by atoms with Gasteiger partial charge in [0.05, 0.1) is 0 Å². The Labute approximate surface area is 80.8 Å². The van der Waals surface area contributed by atoms with Crippen molar-refractivity contribution in [3.05, 3.63) is 0 Å². The molecule has 79 valence electrons. The van der Waals surface area contributed by atoms with Crippen molar-refractivity contribution in [2.24, 2.45) is 0 Å². The van der Waals surface area contributed by atoms with Gasteiger partial charge in [-0.2, -0.15) is 0 Å². The summed E-state index contributed by atoms with van der Waals surface area (Å²) in [7, 11) is 0. The van der Waals surface area contributed by atoms with Crippen molar-refractivity contribution in [3.8, 4) is 0 Å². The van der Waals surface area contributed by atoms with Crippen LogP contribution in [0.25, 0.3) is 0 Å². The lowest BCUT2D eigenvalue weighted by atomic mass is 10.2. The van der Waals surface area contributed by atoms with Gasteiger partial charge in [0.2, 0.25) is 0 Å². The van der Waals surface area contributed by atoms with Gasteiger partial charge in [0.15, 0.2) is 12.7 Å². The van der Waals surface area contributed by atoms with Crippen LogP contribution < -0.4 is 0 Å². The van der Waals surface area contributed by atoms with Crippen molar-refractivity contribution in [2.75, 3.05) is 6.61 Å². The van der Waals surface area contributed by atoms with Crippen LogP contribution in [0.3, 0.4) is 0 Å². The molecule has 6 nitrogen and oxygen atoms in total. The maximum Gasteiger partial charge on any atom is 0.418 e. The highest BCUT2D eigenvalue weighted by atomic mass is 16.6. The number of hydrogen-bond acceptors (Lipinski definition) is 5. The molecule has 0 fully saturated rings. The molecule has 1 atom stereocenters. The van der Waals surface area contributed by atoms with Crippen LogP contribution in [0.5, 0.6) is 0 Å². The largest absolute Gasteiger partial charge is 0.479 e. The molecule has 0 bridgehead atoms. The fraction of sp³-hybridized carbons (Fsp3) is 0.625. The summed E-state index contributed by atoms with van der Waals surface area (Å²) >= 11 is 0. The summed E-state index contributed by atoms with van der Waals surface area (Å²) in [5, 5.41) is 8.58. The van der Waals surface area contributed by atoms with Crippen molar-refractivity contribution in [2.45, 2.75) is 25.9 Å². The minimum Gasteiger partial charge on any atom is -0.479 e. The first-order valence-electron chi connectivity index (χ1n) is 4.03. The lowest BCUT2D eigenvalue weighted by molar-refractivity contribution is -0.166. The highest BCUT2D eigenvalue weighted by molar-refractivity contribution is 5.78. The third-order valence-corrected chi connectivity index (χ3v) is 1.35. The number of rotatable bonds is 7. The fourth-order valence-corrected chi connectivity index (χ4v) is 0.776. The summed E-state index contributed by atoms with van der Waals surface area (Å²) in [6.45, 7) is 2.18. The molecule has 0 saturated carbocycles. The van der Waals surface area contributed by atoms with E-state index in [1.54, 1.807) is 6.92 Å². The Balaban J connectivity index is 3.95. The van der Waals surface area contributed by atoms with E-state index in [0.29, 0.717) is 6.42 Å². The summed E-state index contributed by atoms with van der Waals surface area (Å²) in [4.78, 5) is 30.9. The number of aliphatic carboxylic acids is 1. The van der Waals surface area contributed by atoms with Crippen LogP contribution in [-0.2, 0) is 23.9 Å². The summed E-state index contributed by atoms with van der Waals surface area (Å²) in [5.74, 6) is -2.11. The summed E-state index contributed by atoms with van der Waals surface area (Å²) in [6.07, 6.45) is -0.376. The van der Waals surface area contributed by atoms with Crippen molar-refractivity contribution < 1.29 is 29.0 Å². The van der Waals surface area contributed by atoms with Crippen LogP contribution in [0, 0.1) is 0 Å². The first-order valence-corrected chi connectivity index (χ1v) is 4.03. The highest BCUT2D eigenvalue weighted by Crippen LogP contribution is 2.02. The number of esters is 1.